The summed E-state index contributed by atoms with van der Waals surface area (Å²) < 4.78 is 0. The highest BCUT2D eigenvalue weighted by Crippen LogP contribution is 2.27. The minimum atomic E-state index is -1.11. The highest BCUT2D eigenvalue weighted by Gasteiger charge is 2.30. The third-order valence-corrected chi connectivity index (χ3v) is 4.23. The molecule has 1 aliphatic rings. The molecule has 120 valence electrons. The van der Waals surface area contributed by atoms with Crippen LogP contribution >= 0.6 is 0 Å². The fraction of sp³-hybridized carbons (Fsp3) is 0.800. The second-order valence-corrected chi connectivity index (χ2v) is 6.01. The van der Waals surface area contributed by atoms with Crippen molar-refractivity contribution in [3.8, 4) is 0 Å². The van der Waals surface area contributed by atoms with E-state index < -0.39 is 23.9 Å². The Labute approximate surface area is 125 Å². The van der Waals surface area contributed by atoms with E-state index in [2.05, 4.69) is 0 Å². The van der Waals surface area contributed by atoms with Crippen molar-refractivity contribution in [3.63, 3.8) is 0 Å². The van der Waals surface area contributed by atoms with Gasteiger partial charge >= 0.3 is 11.9 Å². The summed E-state index contributed by atoms with van der Waals surface area (Å²) in [4.78, 5) is 35.7. The zero-order valence-corrected chi connectivity index (χ0v) is 12.7. The average Bonchev–Trinajstić information content (AvgIpc) is 2.44. The number of nitrogens with zero attached hydrogens (tertiary/aromatic N) is 1. The molecule has 2 unspecified atom stereocenters. The van der Waals surface area contributed by atoms with E-state index in [9.17, 15) is 14.4 Å². The summed E-state index contributed by atoms with van der Waals surface area (Å²) in [6.07, 6.45) is 5.72. The van der Waals surface area contributed by atoms with Crippen LogP contribution in [0.1, 0.15) is 52.4 Å². The third kappa shape index (κ3) is 5.36. The maximum Gasteiger partial charge on any atom is 0.326 e. The summed E-state index contributed by atoms with van der Waals surface area (Å²) in [6, 6.07) is -0.997. The highest BCUT2D eigenvalue weighted by molar-refractivity contribution is 5.84. The standard InChI is InChI=1S/C15H25NO5/c1-10(14(18)19)9-16(11(2)15(20)21)13(17)8-12-6-4-3-5-7-12/h10-12H,3-9H2,1-2H3,(H,18,19)(H,20,21). The average molecular weight is 299 g/mol. The molecular weight excluding hydrogens is 274 g/mol. The van der Waals surface area contributed by atoms with Crippen molar-refractivity contribution in [1.82, 2.24) is 4.90 Å². The molecule has 0 aromatic carbocycles. The van der Waals surface area contributed by atoms with E-state index in [1.165, 1.54) is 25.2 Å². The Morgan fingerprint density at radius 3 is 2.10 bits per heavy atom. The van der Waals surface area contributed by atoms with Gasteiger partial charge in [0.1, 0.15) is 6.04 Å². The minimum absolute atomic E-state index is 0.0612. The van der Waals surface area contributed by atoms with Crippen LogP contribution in [-0.4, -0.2) is 45.5 Å². The molecule has 1 amide bonds. The van der Waals surface area contributed by atoms with Crippen LogP contribution in [0, 0.1) is 11.8 Å². The lowest BCUT2D eigenvalue weighted by Gasteiger charge is -2.30. The zero-order chi connectivity index (χ0) is 16.0. The number of carbonyl (C=O) groups excluding carboxylic acids is 1. The number of hydrogen-bond acceptors (Lipinski definition) is 3. The predicted octanol–water partition coefficient (Wildman–Crippen LogP) is 1.98. The largest absolute Gasteiger partial charge is 0.481 e. The van der Waals surface area contributed by atoms with Gasteiger partial charge in [-0.25, -0.2) is 4.79 Å². The van der Waals surface area contributed by atoms with Crippen molar-refractivity contribution in [2.24, 2.45) is 11.8 Å². The Kier molecular flexibility index (Phi) is 6.65. The van der Waals surface area contributed by atoms with E-state index >= 15 is 0 Å². The van der Waals surface area contributed by atoms with Gasteiger partial charge in [-0.05, 0) is 25.7 Å². The van der Waals surface area contributed by atoms with Gasteiger partial charge in [-0.3, -0.25) is 9.59 Å². The monoisotopic (exact) mass is 299 g/mol. The van der Waals surface area contributed by atoms with E-state index in [0.717, 1.165) is 25.7 Å². The van der Waals surface area contributed by atoms with E-state index in [0.29, 0.717) is 12.3 Å². The number of hydrogen-bond donors (Lipinski definition) is 2. The van der Waals surface area contributed by atoms with Crippen LogP contribution in [0.25, 0.3) is 0 Å². The van der Waals surface area contributed by atoms with Crippen molar-refractivity contribution in [1.29, 1.82) is 0 Å². The highest BCUT2D eigenvalue weighted by atomic mass is 16.4. The Hall–Kier alpha value is -1.59. The fourth-order valence-electron chi connectivity index (χ4n) is 2.74. The maximum absolute atomic E-state index is 12.4. The molecule has 2 atom stereocenters. The Morgan fingerprint density at radius 2 is 1.62 bits per heavy atom. The summed E-state index contributed by atoms with van der Waals surface area (Å²) in [6.45, 7) is 2.85. The first-order valence-corrected chi connectivity index (χ1v) is 7.58. The molecule has 0 bridgehead atoms. The van der Waals surface area contributed by atoms with Crippen LogP contribution in [0.2, 0.25) is 0 Å². The maximum atomic E-state index is 12.4. The molecule has 21 heavy (non-hydrogen) atoms. The van der Waals surface area contributed by atoms with Crippen molar-refractivity contribution >= 4 is 17.8 Å². The minimum Gasteiger partial charge on any atom is -0.481 e. The van der Waals surface area contributed by atoms with Crippen LogP contribution in [0.4, 0.5) is 0 Å². The molecule has 1 fully saturated rings. The van der Waals surface area contributed by atoms with Gasteiger partial charge in [0, 0.05) is 13.0 Å². The normalized spacial score (nSPS) is 18.8. The first-order valence-electron chi connectivity index (χ1n) is 7.58. The Bertz CT molecular complexity index is 390. The zero-order valence-electron chi connectivity index (χ0n) is 12.7. The quantitative estimate of drug-likeness (QED) is 0.749. The van der Waals surface area contributed by atoms with Gasteiger partial charge in [0.05, 0.1) is 5.92 Å². The molecule has 1 aliphatic carbocycles. The van der Waals surface area contributed by atoms with Crippen molar-refractivity contribution < 1.29 is 24.6 Å². The second kappa shape index (κ2) is 8.00. The molecule has 1 rings (SSSR count). The number of carbonyl (C=O) groups is 3. The van der Waals surface area contributed by atoms with Gasteiger partial charge < -0.3 is 15.1 Å². The van der Waals surface area contributed by atoms with Crippen molar-refractivity contribution in [2.75, 3.05) is 6.54 Å². The first-order chi connectivity index (χ1) is 9.82. The molecular formula is C15H25NO5. The number of rotatable bonds is 7. The van der Waals surface area contributed by atoms with Crippen LogP contribution in [0.3, 0.4) is 0 Å². The number of carboxylic acid groups (broad SMARTS) is 2. The molecule has 0 heterocycles. The topological polar surface area (TPSA) is 94.9 Å². The lowest BCUT2D eigenvalue weighted by molar-refractivity contribution is -0.152. The van der Waals surface area contributed by atoms with E-state index in [1.54, 1.807) is 0 Å². The van der Waals surface area contributed by atoms with Gasteiger partial charge in [-0.1, -0.05) is 26.2 Å². The Balaban J connectivity index is 2.71. The van der Waals surface area contributed by atoms with Gasteiger partial charge in [-0.2, -0.15) is 0 Å². The van der Waals surface area contributed by atoms with Crippen LogP contribution in [-0.2, 0) is 14.4 Å². The number of aliphatic carboxylic acids is 2. The van der Waals surface area contributed by atoms with Gasteiger partial charge in [-0.15, -0.1) is 0 Å². The lowest BCUT2D eigenvalue weighted by Crippen LogP contribution is -2.47. The van der Waals surface area contributed by atoms with Crippen LogP contribution < -0.4 is 0 Å². The molecule has 0 spiro atoms. The van der Waals surface area contributed by atoms with E-state index in [-0.39, 0.29) is 12.5 Å². The van der Waals surface area contributed by atoms with E-state index in [4.69, 9.17) is 10.2 Å². The summed E-state index contributed by atoms with van der Waals surface area (Å²) in [7, 11) is 0. The SMILES string of the molecule is CC(CN(C(=O)CC1CCCCC1)C(C)C(=O)O)C(=O)O. The van der Waals surface area contributed by atoms with Crippen LogP contribution in [0.5, 0.6) is 0 Å². The molecule has 0 aromatic rings. The van der Waals surface area contributed by atoms with Crippen molar-refractivity contribution in [2.45, 2.75) is 58.4 Å². The predicted molar refractivity (Wildman–Crippen MR) is 76.8 cm³/mol. The lowest BCUT2D eigenvalue weighted by atomic mass is 9.86. The van der Waals surface area contributed by atoms with Crippen molar-refractivity contribution in [3.05, 3.63) is 0 Å². The fourth-order valence-corrected chi connectivity index (χ4v) is 2.74. The molecule has 0 radical (unpaired) electrons. The van der Waals surface area contributed by atoms with Gasteiger partial charge in [0.2, 0.25) is 5.91 Å². The third-order valence-electron chi connectivity index (χ3n) is 4.23. The number of amides is 1. The van der Waals surface area contributed by atoms with Gasteiger partial charge in [0.25, 0.3) is 0 Å². The number of carboxylic acids is 2. The summed E-state index contributed by atoms with van der Waals surface area (Å²) in [5.41, 5.74) is 0. The smallest absolute Gasteiger partial charge is 0.326 e. The second-order valence-electron chi connectivity index (χ2n) is 6.01. The molecule has 6 nitrogen and oxygen atoms in total. The summed E-state index contributed by atoms with van der Waals surface area (Å²) >= 11 is 0. The summed E-state index contributed by atoms with van der Waals surface area (Å²) in [5.74, 6) is -2.85. The molecule has 0 aliphatic heterocycles. The summed E-state index contributed by atoms with van der Waals surface area (Å²) in [5, 5.41) is 18.1. The Morgan fingerprint density at radius 1 is 1.05 bits per heavy atom. The van der Waals surface area contributed by atoms with Gasteiger partial charge in [0.15, 0.2) is 0 Å². The molecule has 6 heteroatoms. The molecule has 1 saturated carbocycles. The first kappa shape index (κ1) is 17.5. The van der Waals surface area contributed by atoms with Crippen LogP contribution in [0.15, 0.2) is 0 Å². The van der Waals surface area contributed by atoms with E-state index in [1.807, 2.05) is 0 Å². The molecule has 0 aromatic heterocycles. The molecule has 2 N–H and O–H groups in total. The molecule has 0 saturated heterocycles.